The number of ether oxygens (including phenoxy) is 1. The molecule has 5 nitrogen and oxygen atoms in total. The molecule has 0 aliphatic heterocycles. The van der Waals surface area contributed by atoms with E-state index in [9.17, 15) is 9.59 Å². The van der Waals surface area contributed by atoms with Gasteiger partial charge in [-0.3, -0.25) is 4.79 Å². The number of nitrogen functional groups attached to an aromatic ring is 1. The highest BCUT2D eigenvalue weighted by molar-refractivity contribution is 5.94. The van der Waals surface area contributed by atoms with E-state index in [1.54, 1.807) is 31.2 Å². The topological polar surface area (TPSA) is 81.4 Å². The SMILES string of the molecule is C=C(C)C(=O)OCCCCCCNC(=O)c1ccc(N)cc1. The predicted molar refractivity (Wildman–Crippen MR) is 87.4 cm³/mol. The summed E-state index contributed by atoms with van der Waals surface area (Å²) in [5, 5.41) is 2.87. The third-order valence-corrected chi connectivity index (χ3v) is 3.11. The van der Waals surface area contributed by atoms with Gasteiger partial charge in [-0.15, -0.1) is 0 Å². The second kappa shape index (κ2) is 9.60. The van der Waals surface area contributed by atoms with Gasteiger partial charge in [0.05, 0.1) is 6.61 Å². The molecule has 0 unspecified atom stereocenters. The molecule has 0 atom stereocenters. The van der Waals surface area contributed by atoms with Crippen LogP contribution in [0, 0.1) is 0 Å². The maximum atomic E-state index is 11.8. The van der Waals surface area contributed by atoms with Crippen LogP contribution in [0.15, 0.2) is 36.4 Å². The van der Waals surface area contributed by atoms with E-state index in [1.807, 2.05) is 0 Å². The number of unbranched alkanes of at least 4 members (excludes halogenated alkanes) is 3. The molecule has 0 radical (unpaired) electrons. The lowest BCUT2D eigenvalue weighted by Crippen LogP contribution is -2.24. The third kappa shape index (κ3) is 6.92. The number of nitrogens with one attached hydrogen (secondary N) is 1. The van der Waals surface area contributed by atoms with Gasteiger partial charge in [-0.05, 0) is 50.5 Å². The molecule has 0 aromatic heterocycles. The molecule has 1 aromatic carbocycles. The lowest BCUT2D eigenvalue weighted by Gasteiger charge is -2.06. The molecule has 22 heavy (non-hydrogen) atoms. The van der Waals surface area contributed by atoms with Gasteiger partial charge in [0, 0.05) is 23.4 Å². The predicted octanol–water partition coefficient (Wildman–Crippen LogP) is 2.68. The highest BCUT2D eigenvalue weighted by Gasteiger charge is 2.04. The van der Waals surface area contributed by atoms with Crippen LogP contribution in [0.25, 0.3) is 0 Å². The lowest BCUT2D eigenvalue weighted by molar-refractivity contribution is -0.139. The number of rotatable bonds is 9. The molecule has 0 aliphatic carbocycles. The van der Waals surface area contributed by atoms with Crippen LogP contribution >= 0.6 is 0 Å². The summed E-state index contributed by atoms with van der Waals surface area (Å²) < 4.78 is 5.00. The Balaban J connectivity index is 2.03. The second-order valence-corrected chi connectivity index (χ2v) is 5.21. The van der Waals surface area contributed by atoms with Gasteiger partial charge < -0.3 is 15.8 Å². The molecular formula is C17H24N2O3. The monoisotopic (exact) mass is 304 g/mol. The van der Waals surface area contributed by atoms with E-state index >= 15 is 0 Å². The first-order chi connectivity index (χ1) is 10.5. The fraction of sp³-hybridized carbons (Fsp3) is 0.412. The minimum atomic E-state index is -0.337. The number of hydrogen-bond acceptors (Lipinski definition) is 4. The molecule has 3 N–H and O–H groups in total. The Morgan fingerprint density at radius 2 is 1.77 bits per heavy atom. The minimum Gasteiger partial charge on any atom is -0.462 e. The zero-order chi connectivity index (χ0) is 16.4. The highest BCUT2D eigenvalue weighted by atomic mass is 16.5. The van der Waals surface area contributed by atoms with Crippen LogP contribution in [0.4, 0.5) is 5.69 Å². The molecule has 5 heteroatoms. The van der Waals surface area contributed by atoms with Crippen LogP contribution < -0.4 is 11.1 Å². The molecule has 1 amide bonds. The number of anilines is 1. The summed E-state index contributed by atoms with van der Waals surface area (Å²) >= 11 is 0. The van der Waals surface area contributed by atoms with Crippen molar-refractivity contribution in [2.45, 2.75) is 32.6 Å². The van der Waals surface area contributed by atoms with Crippen molar-refractivity contribution < 1.29 is 14.3 Å². The smallest absolute Gasteiger partial charge is 0.333 e. The molecule has 1 rings (SSSR count). The quantitative estimate of drug-likeness (QED) is 0.318. The highest BCUT2D eigenvalue weighted by Crippen LogP contribution is 2.05. The maximum absolute atomic E-state index is 11.8. The number of esters is 1. The van der Waals surface area contributed by atoms with Gasteiger partial charge in [-0.2, -0.15) is 0 Å². The Morgan fingerprint density at radius 3 is 2.41 bits per heavy atom. The summed E-state index contributed by atoms with van der Waals surface area (Å²) in [6.07, 6.45) is 3.66. The summed E-state index contributed by atoms with van der Waals surface area (Å²) in [5.74, 6) is -0.425. The molecule has 0 saturated heterocycles. The van der Waals surface area contributed by atoms with Crippen molar-refractivity contribution in [2.75, 3.05) is 18.9 Å². The van der Waals surface area contributed by atoms with Crippen molar-refractivity contribution in [1.29, 1.82) is 0 Å². The number of carbonyl (C=O) groups excluding carboxylic acids is 2. The first-order valence-electron chi connectivity index (χ1n) is 7.47. The average molecular weight is 304 g/mol. The number of amides is 1. The fourth-order valence-electron chi connectivity index (χ4n) is 1.81. The van der Waals surface area contributed by atoms with E-state index in [2.05, 4.69) is 11.9 Å². The van der Waals surface area contributed by atoms with Crippen LogP contribution in [-0.2, 0) is 9.53 Å². The number of hydrogen-bond donors (Lipinski definition) is 2. The first-order valence-corrected chi connectivity index (χ1v) is 7.47. The van der Waals surface area contributed by atoms with Crippen LogP contribution in [0.1, 0.15) is 43.0 Å². The molecular weight excluding hydrogens is 280 g/mol. The van der Waals surface area contributed by atoms with E-state index in [-0.39, 0.29) is 11.9 Å². The Hall–Kier alpha value is -2.30. The van der Waals surface area contributed by atoms with E-state index in [1.165, 1.54) is 0 Å². The van der Waals surface area contributed by atoms with Crippen LogP contribution in [-0.4, -0.2) is 25.0 Å². The van der Waals surface area contributed by atoms with Crippen molar-refractivity contribution in [1.82, 2.24) is 5.32 Å². The Bertz CT molecular complexity index is 509. The van der Waals surface area contributed by atoms with Crippen molar-refractivity contribution >= 4 is 17.6 Å². The molecule has 0 aliphatic rings. The molecule has 0 saturated carbocycles. The van der Waals surface area contributed by atoms with Gasteiger partial charge >= 0.3 is 5.97 Å². The van der Waals surface area contributed by atoms with E-state index in [0.29, 0.717) is 30.0 Å². The standard InChI is InChI=1S/C17H24N2O3/c1-13(2)17(21)22-12-6-4-3-5-11-19-16(20)14-7-9-15(18)10-8-14/h7-10H,1,3-6,11-12,18H2,2H3,(H,19,20). The molecule has 120 valence electrons. The first kappa shape index (κ1) is 17.8. The van der Waals surface area contributed by atoms with E-state index < -0.39 is 0 Å². The van der Waals surface area contributed by atoms with Gasteiger partial charge in [-0.1, -0.05) is 13.0 Å². The number of carbonyl (C=O) groups is 2. The summed E-state index contributed by atoms with van der Waals surface area (Å²) in [7, 11) is 0. The van der Waals surface area contributed by atoms with E-state index in [4.69, 9.17) is 10.5 Å². The summed E-state index contributed by atoms with van der Waals surface area (Å²) in [4.78, 5) is 22.9. The van der Waals surface area contributed by atoms with Crippen LogP contribution in [0.5, 0.6) is 0 Å². The zero-order valence-corrected chi connectivity index (χ0v) is 13.1. The normalized spacial score (nSPS) is 10.0. The molecule has 1 aromatic rings. The van der Waals surface area contributed by atoms with E-state index in [0.717, 1.165) is 25.7 Å². The minimum absolute atomic E-state index is 0.0876. The van der Waals surface area contributed by atoms with Crippen molar-refractivity contribution in [2.24, 2.45) is 0 Å². The average Bonchev–Trinajstić information content (AvgIpc) is 2.50. The summed E-state index contributed by atoms with van der Waals surface area (Å²) in [5.41, 5.74) is 7.25. The Kier molecular flexibility index (Phi) is 7.75. The van der Waals surface area contributed by atoms with Gasteiger partial charge in [0.15, 0.2) is 0 Å². The maximum Gasteiger partial charge on any atom is 0.333 e. The zero-order valence-electron chi connectivity index (χ0n) is 13.1. The summed E-state index contributed by atoms with van der Waals surface area (Å²) in [6, 6.07) is 6.84. The largest absolute Gasteiger partial charge is 0.462 e. The van der Waals surface area contributed by atoms with Gasteiger partial charge in [0.25, 0.3) is 5.91 Å². The molecule has 0 bridgehead atoms. The third-order valence-electron chi connectivity index (χ3n) is 3.11. The molecule has 0 fully saturated rings. The van der Waals surface area contributed by atoms with Gasteiger partial charge in [0.1, 0.15) is 0 Å². The van der Waals surface area contributed by atoms with Crippen molar-refractivity contribution in [3.05, 3.63) is 42.0 Å². The second-order valence-electron chi connectivity index (χ2n) is 5.21. The fourth-order valence-corrected chi connectivity index (χ4v) is 1.81. The van der Waals surface area contributed by atoms with Crippen LogP contribution in [0.3, 0.4) is 0 Å². The number of nitrogens with two attached hydrogens (primary N) is 1. The molecule has 0 spiro atoms. The lowest BCUT2D eigenvalue weighted by atomic mass is 10.1. The Labute approximate surface area is 131 Å². The Morgan fingerprint density at radius 1 is 1.14 bits per heavy atom. The van der Waals surface area contributed by atoms with Gasteiger partial charge in [-0.25, -0.2) is 4.79 Å². The van der Waals surface area contributed by atoms with Crippen molar-refractivity contribution in [3.8, 4) is 0 Å². The summed E-state index contributed by atoms with van der Waals surface area (Å²) in [6.45, 7) is 6.20. The van der Waals surface area contributed by atoms with Crippen molar-refractivity contribution in [3.63, 3.8) is 0 Å². The van der Waals surface area contributed by atoms with Gasteiger partial charge in [0.2, 0.25) is 0 Å². The number of benzene rings is 1. The van der Waals surface area contributed by atoms with Crippen LogP contribution in [0.2, 0.25) is 0 Å². The molecule has 0 heterocycles.